The van der Waals surface area contributed by atoms with Crippen LogP contribution in [0, 0.1) is 11.6 Å². The first-order valence-electron chi connectivity index (χ1n) is 7.78. The molecule has 1 heterocycles. The molecule has 3 rings (SSSR count). The Labute approximate surface area is 162 Å². The average molecular weight is 422 g/mol. The van der Waals surface area contributed by atoms with Gasteiger partial charge in [0, 0.05) is 37.7 Å². The molecule has 2 aromatic rings. The van der Waals surface area contributed by atoms with Gasteiger partial charge in [-0.3, -0.25) is 4.90 Å². The highest BCUT2D eigenvalue weighted by Gasteiger charge is 2.31. The van der Waals surface area contributed by atoms with Crippen molar-refractivity contribution in [2.75, 3.05) is 26.2 Å². The van der Waals surface area contributed by atoms with E-state index >= 15 is 0 Å². The number of halogens is 4. The highest BCUT2D eigenvalue weighted by molar-refractivity contribution is 7.89. The molecule has 0 spiro atoms. The van der Waals surface area contributed by atoms with Crippen molar-refractivity contribution < 1.29 is 29.6 Å². The van der Waals surface area contributed by atoms with Crippen LogP contribution in [0.2, 0.25) is 5.02 Å². The second kappa shape index (κ2) is 8.63. The zero-order valence-electron chi connectivity index (χ0n) is 13.7. The fraction of sp³-hybridized carbons (Fsp3) is 0.294. The molecule has 4 nitrogen and oxygen atoms in total. The lowest BCUT2D eigenvalue weighted by atomic mass is 10.2. The van der Waals surface area contributed by atoms with Gasteiger partial charge in [-0.2, -0.15) is 4.31 Å². The van der Waals surface area contributed by atoms with Crippen molar-refractivity contribution in [2.24, 2.45) is 0 Å². The Bertz CT molecular complexity index is 873. The Hall–Kier alpha value is -1.25. The Morgan fingerprint density at radius 2 is 1.69 bits per heavy atom. The fourth-order valence-corrected chi connectivity index (χ4v) is 4.55. The minimum absolute atomic E-state index is 0. The van der Waals surface area contributed by atoms with Crippen LogP contribution in [-0.4, -0.2) is 43.8 Å². The van der Waals surface area contributed by atoms with E-state index in [1.807, 2.05) is 18.2 Å². The predicted octanol–water partition coefficient (Wildman–Crippen LogP) is 0.129. The number of benzene rings is 2. The Morgan fingerprint density at radius 1 is 1.00 bits per heavy atom. The predicted molar refractivity (Wildman–Crippen MR) is 91.8 cm³/mol. The second-order valence-corrected chi connectivity index (χ2v) is 8.23. The molecule has 1 fully saturated rings. The summed E-state index contributed by atoms with van der Waals surface area (Å²) in [5.74, 6) is -1.72. The molecule has 0 amide bonds. The summed E-state index contributed by atoms with van der Waals surface area (Å²) in [5, 5.41) is 0.653. The Balaban J connectivity index is 0.00000243. The number of nitrogens with zero attached hydrogens (tertiary/aromatic N) is 2. The lowest BCUT2D eigenvalue weighted by Gasteiger charge is -2.34. The smallest absolute Gasteiger partial charge is 0.246 e. The van der Waals surface area contributed by atoms with Gasteiger partial charge >= 0.3 is 0 Å². The van der Waals surface area contributed by atoms with Gasteiger partial charge in [-0.25, -0.2) is 17.2 Å². The third-order valence-electron chi connectivity index (χ3n) is 4.14. The molecule has 0 bridgehead atoms. The molecule has 0 aliphatic carbocycles. The van der Waals surface area contributed by atoms with Gasteiger partial charge in [0.1, 0.15) is 16.5 Å². The van der Waals surface area contributed by atoms with E-state index in [0.29, 0.717) is 24.7 Å². The molecule has 0 N–H and O–H groups in total. The van der Waals surface area contributed by atoms with E-state index in [9.17, 15) is 17.2 Å². The van der Waals surface area contributed by atoms with Crippen LogP contribution in [0.25, 0.3) is 0 Å². The fourth-order valence-electron chi connectivity index (χ4n) is 2.84. The normalized spacial score (nSPS) is 16.3. The van der Waals surface area contributed by atoms with Gasteiger partial charge in [0.25, 0.3) is 0 Å². The minimum atomic E-state index is -4.05. The van der Waals surface area contributed by atoms with Gasteiger partial charge in [-0.05, 0) is 35.9 Å². The van der Waals surface area contributed by atoms with Gasteiger partial charge < -0.3 is 12.4 Å². The van der Waals surface area contributed by atoms with Crippen LogP contribution in [0.3, 0.4) is 0 Å². The number of piperazine rings is 1. The van der Waals surface area contributed by atoms with E-state index in [-0.39, 0.29) is 25.5 Å². The number of hydrogen-bond donors (Lipinski definition) is 0. The van der Waals surface area contributed by atoms with Crippen molar-refractivity contribution in [1.82, 2.24) is 9.21 Å². The summed E-state index contributed by atoms with van der Waals surface area (Å²) in [5.41, 5.74) is 1.04. The largest absolute Gasteiger partial charge is 1.00 e. The van der Waals surface area contributed by atoms with E-state index in [0.717, 1.165) is 23.8 Å². The molecule has 0 atom stereocenters. The zero-order chi connectivity index (χ0) is 18.0. The van der Waals surface area contributed by atoms with E-state index in [4.69, 9.17) is 11.6 Å². The molecule has 0 unspecified atom stereocenters. The number of hydrogen-bond acceptors (Lipinski definition) is 3. The Morgan fingerprint density at radius 3 is 2.35 bits per heavy atom. The van der Waals surface area contributed by atoms with E-state index in [1.54, 1.807) is 6.07 Å². The summed E-state index contributed by atoms with van der Waals surface area (Å²) in [6.45, 7) is 2.10. The maximum absolute atomic E-state index is 13.8. The first-order chi connectivity index (χ1) is 11.9. The summed E-state index contributed by atoms with van der Waals surface area (Å²) in [7, 11) is -4.05. The molecule has 0 aromatic heterocycles. The maximum Gasteiger partial charge on any atom is 0.246 e. The first-order valence-corrected chi connectivity index (χ1v) is 9.60. The van der Waals surface area contributed by atoms with Gasteiger partial charge in [-0.1, -0.05) is 23.7 Å². The third-order valence-corrected chi connectivity index (χ3v) is 6.29. The first kappa shape index (κ1) is 21.1. The minimum Gasteiger partial charge on any atom is -1.00 e. The van der Waals surface area contributed by atoms with Crippen LogP contribution >= 0.6 is 11.6 Å². The SMILES string of the molecule is O=S(=O)(c1cc(F)ccc1F)N1CCN(Cc2cccc(Cl)c2)CC1.[Cl-]. The van der Waals surface area contributed by atoms with E-state index in [2.05, 4.69) is 4.90 Å². The van der Waals surface area contributed by atoms with Gasteiger partial charge in [0.05, 0.1) is 0 Å². The van der Waals surface area contributed by atoms with Crippen molar-refractivity contribution in [1.29, 1.82) is 0 Å². The maximum atomic E-state index is 13.8. The highest BCUT2D eigenvalue weighted by Crippen LogP contribution is 2.22. The van der Waals surface area contributed by atoms with Crippen LogP contribution in [0.4, 0.5) is 8.78 Å². The van der Waals surface area contributed by atoms with Crippen molar-refractivity contribution in [3.63, 3.8) is 0 Å². The van der Waals surface area contributed by atoms with E-state index < -0.39 is 26.6 Å². The van der Waals surface area contributed by atoms with Crippen molar-refractivity contribution in [3.8, 4) is 0 Å². The van der Waals surface area contributed by atoms with Crippen LogP contribution in [0.1, 0.15) is 5.56 Å². The molecule has 142 valence electrons. The molecule has 0 radical (unpaired) electrons. The number of rotatable bonds is 4. The van der Waals surface area contributed by atoms with Crippen molar-refractivity contribution >= 4 is 21.6 Å². The van der Waals surface area contributed by atoms with Crippen LogP contribution in [0.15, 0.2) is 47.4 Å². The van der Waals surface area contributed by atoms with Crippen LogP contribution in [-0.2, 0) is 16.6 Å². The highest BCUT2D eigenvalue weighted by atomic mass is 35.5. The monoisotopic (exact) mass is 421 g/mol. The summed E-state index contributed by atoms with van der Waals surface area (Å²) in [4.78, 5) is 1.48. The molecular formula is C17H17Cl2F2N2O2S-. The van der Waals surface area contributed by atoms with Gasteiger partial charge in [-0.15, -0.1) is 0 Å². The molecule has 2 aromatic carbocycles. The van der Waals surface area contributed by atoms with Crippen molar-refractivity contribution in [2.45, 2.75) is 11.4 Å². The van der Waals surface area contributed by atoms with Crippen LogP contribution < -0.4 is 12.4 Å². The lowest BCUT2D eigenvalue weighted by molar-refractivity contribution is -0.00000895. The average Bonchev–Trinajstić information content (AvgIpc) is 2.57. The summed E-state index contributed by atoms with van der Waals surface area (Å²) in [6, 6.07) is 9.94. The molecular weight excluding hydrogens is 405 g/mol. The Kier molecular flexibility index (Phi) is 6.99. The molecule has 1 saturated heterocycles. The molecule has 9 heteroatoms. The topological polar surface area (TPSA) is 40.6 Å². The molecule has 1 aliphatic rings. The molecule has 26 heavy (non-hydrogen) atoms. The summed E-state index contributed by atoms with van der Waals surface area (Å²) < 4.78 is 53.4. The van der Waals surface area contributed by atoms with Crippen LogP contribution in [0.5, 0.6) is 0 Å². The summed E-state index contributed by atoms with van der Waals surface area (Å²) in [6.07, 6.45) is 0. The zero-order valence-corrected chi connectivity index (χ0v) is 16.0. The van der Waals surface area contributed by atoms with E-state index in [1.165, 1.54) is 4.31 Å². The van der Waals surface area contributed by atoms with Crippen molar-refractivity contribution in [3.05, 3.63) is 64.7 Å². The lowest BCUT2D eigenvalue weighted by Crippen LogP contribution is -3.00. The van der Waals surface area contributed by atoms with Gasteiger partial charge in [0.2, 0.25) is 10.0 Å². The van der Waals surface area contributed by atoms with Gasteiger partial charge in [0.15, 0.2) is 0 Å². The number of sulfonamides is 1. The molecule has 1 aliphatic heterocycles. The summed E-state index contributed by atoms with van der Waals surface area (Å²) >= 11 is 5.97. The quantitative estimate of drug-likeness (QED) is 0.704. The second-order valence-electron chi connectivity index (χ2n) is 5.88. The standard InChI is InChI=1S/C17H17ClF2N2O2S.ClH/c18-14-3-1-2-13(10-14)12-21-6-8-22(9-7-21)25(23,24)17-11-15(19)4-5-16(17)20;/h1-5,10-11H,6-9,12H2;1H/p-1. The third kappa shape index (κ3) is 4.72. The molecule has 0 saturated carbocycles.